The highest BCUT2D eigenvalue weighted by atomic mass is 32.1. The minimum atomic E-state index is -0.327. The number of anilines is 1. The third kappa shape index (κ3) is 4.21. The number of aromatic nitrogens is 1. The van der Waals surface area contributed by atoms with Crippen molar-refractivity contribution in [2.24, 2.45) is 0 Å². The predicted octanol–water partition coefficient (Wildman–Crippen LogP) is 4.61. The monoisotopic (exact) mass is 368 g/mol. The van der Waals surface area contributed by atoms with E-state index in [0.29, 0.717) is 12.1 Å². The molecule has 5 nitrogen and oxygen atoms in total. The molecule has 0 saturated heterocycles. The largest absolute Gasteiger partial charge is 0.497 e. The second kappa shape index (κ2) is 8.01. The van der Waals surface area contributed by atoms with Gasteiger partial charge in [0.1, 0.15) is 5.75 Å². The first kappa shape index (κ1) is 17.9. The molecule has 1 N–H and O–H groups in total. The number of nitrogens with zero attached hydrogens (tertiary/aromatic N) is 1. The van der Waals surface area contributed by atoms with Gasteiger partial charge in [0, 0.05) is 6.54 Å². The average molecular weight is 368 g/mol. The topological polar surface area (TPSA) is 60.5 Å². The molecule has 0 aliphatic rings. The first-order valence-corrected chi connectivity index (χ1v) is 8.94. The number of benzene rings is 2. The number of fused-ring (bicyclic) bond motifs is 1. The van der Waals surface area contributed by atoms with Crippen LogP contribution in [0, 0.1) is 0 Å². The van der Waals surface area contributed by atoms with Crippen molar-refractivity contribution >= 4 is 38.7 Å². The Hall–Kier alpha value is -2.86. The molecule has 134 valence electrons. The fraction of sp³-hybridized carbons (Fsp3) is 0.200. The molecule has 0 unspecified atom stereocenters. The Morgan fingerprint density at radius 1 is 1.19 bits per heavy atom. The molecular weight excluding hydrogens is 348 g/mol. The number of ether oxygens (including phenoxy) is 2. The smallest absolute Gasteiger partial charge is 0.337 e. The summed E-state index contributed by atoms with van der Waals surface area (Å²) < 4.78 is 11.0. The van der Waals surface area contributed by atoms with Crippen LogP contribution in [0.4, 0.5) is 5.13 Å². The normalized spacial score (nSPS) is 11.4. The highest BCUT2D eigenvalue weighted by molar-refractivity contribution is 7.22. The SMILES string of the molecule is COC(=O)c1ccc(/C=C(\C)CNc2nc3ccc(OC)cc3s2)cc1. The van der Waals surface area contributed by atoms with Crippen molar-refractivity contribution < 1.29 is 14.3 Å². The van der Waals surface area contributed by atoms with Crippen LogP contribution in [0.25, 0.3) is 16.3 Å². The van der Waals surface area contributed by atoms with E-state index in [2.05, 4.69) is 23.3 Å². The first-order valence-electron chi connectivity index (χ1n) is 8.13. The fourth-order valence-electron chi connectivity index (χ4n) is 2.49. The number of hydrogen-bond acceptors (Lipinski definition) is 6. The Bertz CT molecular complexity index is 945. The standard InChI is InChI=1S/C20H20N2O3S/c1-13(10-14-4-6-15(7-5-14)19(23)25-3)12-21-20-22-17-9-8-16(24-2)11-18(17)26-20/h4-11H,12H2,1-3H3,(H,21,22)/b13-10+. The van der Waals surface area contributed by atoms with Crippen molar-refractivity contribution in [3.8, 4) is 5.75 Å². The van der Waals surface area contributed by atoms with Crippen molar-refractivity contribution in [3.63, 3.8) is 0 Å². The Kier molecular flexibility index (Phi) is 5.53. The average Bonchev–Trinajstić information content (AvgIpc) is 3.08. The van der Waals surface area contributed by atoms with Gasteiger partial charge in [-0.25, -0.2) is 9.78 Å². The van der Waals surface area contributed by atoms with E-state index >= 15 is 0 Å². The van der Waals surface area contributed by atoms with Crippen LogP contribution >= 0.6 is 11.3 Å². The molecule has 0 saturated carbocycles. The summed E-state index contributed by atoms with van der Waals surface area (Å²) >= 11 is 1.60. The van der Waals surface area contributed by atoms with Crippen molar-refractivity contribution in [2.75, 3.05) is 26.1 Å². The predicted molar refractivity (Wildman–Crippen MR) is 106 cm³/mol. The van der Waals surface area contributed by atoms with Gasteiger partial charge in [0.25, 0.3) is 0 Å². The van der Waals surface area contributed by atoms with Crippen LogP contribution in [-0.4, -0.2) is 31.7 Å². The highest BCUT2D eigenvalue weighted by Crippen LogP contribution is 2.29. The molecule has 3 rings (SSSR count). The summed E-state index contributed by atoms with van der Waals surface area (Å²) in [7, 11) is 3.04. The number of methoxy groups -OCH3 is 2. The van der Waals surface area contributed by atoms with Gasteiger partial charge in [-0.2, -0.15) is 0 Å². The van der Waals surface area contributed by atoms with Crippen LogP contribution in [0.15, 0.2) is 48.0 Å². The zero-order valence-corrected chi connectivity index (χ0v) is 15.7. The lowest BCUT2D eigenvalue weighted by molar-refractivity contribution is 0.0600. The van der Waals surface area contributed by atoms with Gasteiger partial charge in [-0.1, -0.05) is 35.1 Å². The summed E-state index contributed by atoms with van der Waals surface area (Å²) in [4.78, 5) is 16.0. The molecule has 3 aromatic rings. The highest BCUT2D eigenvalue weighted by Gasteiger charge is 2.06. The number of carbonyl (C=O) groups excluding carboxylic acids is 1. The maximum Gasteiger partial charge on any atom is 0.337 e. The molecule has 0 aliphatic carbocycles. The number of hydrogen-bond donors (Lipinski definition) is 1. The summed E-state index contributed by atoms with van der Waals surface area (Å²) in [6.07, 6.45) is 2.07. The number of esters is 1. The Morgan fingerprint density at radius 2 is 1.96 bits per heavy atom. The molecule has 0 amide bonds. The van der Waals surface area contributed by atoms with Crippen LogP contribution in [0.5, 0.6) is 5.75 Å². The molecule has 0 aliphatic heterocycles. The minimum absolute atomic E-state index is 0.327. The second-order valence-corrected chi connectivity index (χ2v) is 6.84. The van der Waals surface area contributed by atoms with E-state index in [1.807, 2.05) is 30.3 Å². The van der Waals surface area contributed by atoms with Gasteiger partial charge in [-0.15, -0.1) is 0 Å². The lowest BCUT2D eigenvalue weighted by atomic mass is 10.1. The molecule has 1 aromatic heterocycles. The Labute approximate surface area is 156 Å². The van der Waals surface area contributed by atoms with Crippen LogP contribution in [0.2, 0.25) is 0 Å². The van der Waals surface area contributed by atoms with Gasteiger partial charge in [0.05, 0.1) is 30.0 Å². The summed E-state index contributed by atoms with van der Waals surface area (Å²) in [5.74, 6) is 0.505. The molecule has 0 radical (unpaired) electrons. The number of rotatable bonds is 6. The number of thiazole rings is 1. The number of nitrogens with one attached hydrogen (secondary N) is 1. The molecular formula is C20H20N2O3S. The molecule has 0 fully saturated rings. The molecule has 0 spiro atoms. The van der Waals surface area contributed by atoms with Crippen LogP contribution in [-0.2, 0) is 4.74 Å². The first-order chi connectivity index (χ1) is 12.6. The van der Waals surface area contributed by atoms with Crippen molar-refractivity contribution in [2.45, 2.75) is 6.92 Å². The molecule has 6 heteroatoms. The van der Waals surface area contributed by atoms with Crippen molar-refractivity contribution in [1.29, 1.82) is 0 Å². The van der Waals surface area contributed by atoms with E-state index in [9.17, 15) is 4.79 Å². The third-order valence-corrected chi connectivity index (χ3v) is 4.83. The lowest BCUT2D eigenvalue weighted by Gasteiger charge is -2.04. The van der Waals surface area contributed by atoms with Crippen molar-refractivity contribution in [1.82, 2.24) is 4.98 Å². The molecule has 1 heterocycles. The van der Waals surface area contributed by atoms with Crippen molar-refractivity contribution in [3.05, 3.63) is 59.2 Å². The van der Waals surface area contributed by atoms with Gasteiger partial charge in [-0.3, -0.25) is 0 Å². The maximum absolute atomic E-state index is 11.5. The van der Waals surface area contributed by atoms with Crippen LogP contribution < -0.4 is 10.1 Å². The minimum Gasteiger partial charge on any atom is -0.497 e. The van der Waals surface area contributed by atoms with Crippen LogP contribution in [0.1, 0.15) is 22.8 Å². The maximum atomic E-state index is 11.5. The molecule has 0 atom stereocenters. The van der Waals surface area contributed by atoms with Gasteiger partial charge in [0.15, 0.2) is 5.13 Å². The van der Waals surface area contributed by atoms with Crippen LogP contribution in [0.3, 0.4) is 0 Å². The van der Waals surface area contributed by atoms with E-state index in [1.54, 1.807) is 30.6 Å². The van der Waals surface area contributed by atoms with E-state index in [0.717, 1.165) is 32.2 Å². The third-order valence-electron chi connectivity index (χ3n) is 3.86. The van der Waals surface area contributed by atoms with E-state index < -0.39 is 0 Å². The van der Waals surface area contributed by atoms with E-state index in [1.165, 1.54) is 7.11 Å². The fourth-order valence-corrected chi connectivity index (χ4v) is 3.38. The zero-order valence-electron chi connectivity index (χ0n) is 14.9. The zero-order chi connectivity index (χ0) is 18.5. The molecule has 26 heavy (non-hydrogen) atoms. The Balaban J connectivity index is 1.65. The molecule has 2 aromatic carbocycles. The summed E-state index contributed by atoms with van der Waals surface area (Å²) in [6, 6.07) is 13.2. The van der Waals surface area contributed by atoms with E-state index in [-0.39, 0.29) is 5.97 Å². The summed E-state index contributed by atoms with van der Waals surface area (Å²) in [5, 5.41) is 4.23. The van der Waals surface area contributed by atoms with Gasteiger partial charge < -0.3 is 14.8 Å². The van der Waals surface area contributed by atoms with Gasteiger partial charge in [-0.05, 0) is 42.8 Å². The van der Waals surface area contributed by atoms with Gasteiger partial charge in [0.2, 0.25) is 0 Å². The van der Waals surface area contributed by atoms with E-state index in [4.69, 9.17) is 9.47 Å². The lowest BCUT2D eigenvalue weighted by Crippen LogP contribution is -2.02. The second-order valence-electron chi connectivity index (χ2n) is 5.81. The Morgan fingerprint density at radius 3 is 2.65 bits per heavy atom. The number of carbonyl (C=O) groups is 1. The van der Waals surface area contributed by atoms with Gasteiger partial charge >= 0.3 is 5.97 Å². The molecule has 0 bridgehead atoms. The quantitative estimate of drug-likeness (QED) is 0.644. The summed E-state index contributed by atoms with van der Waals surface area (Å²) in [6.45, 7) is 2.74. The summed E-state index contributed by atoms with van der Waals surface area (Å²) in [5.41, 5.74) is 3.70.